The Balaban J connectivity index is 0.00000576. The summed E-state index contributed by atoms with van der Waals surface area (Å²) in [5, 5.41) is 6.95. The van der Waals surface area contributed by atoms with Crippen molar-refractivity contribution in [2.75, 3.05) is 39.8 Å². The average Bonchev–Trinajstić information content (AvgIpc) is 2.47. The molecule has 0 aliphatic heterocycles. The topological polar surface area (TPSA) is 39.7 Å². The highest BCUT2D eigenvalue weighted by Crippen LogP contribution is 2.15. The Morgan fingerprint density at radius 2 is 1.84 bits per heavy atom. The molecule has 0 bridgehead atoms. The lowest BCUT2D eigenvalue weighted by atomic mass is 10.1. The van der Waals surface area contributed by atoms with Gasteiger partial charge in [-0.05, 0) is 38.1 Å². The Morgan fingerprint density at radius 1 is 1.20 bits per heavy atom. The normalized spacial score (nSPS) is 12.0. The zero-order valence-corrected chi connectivity index (χ0v) is 17.5. The molecule has 1 rings (SSSR count). The molecule has 0 radical (unpaired) electrons. The minimum atomic E-state index is -4.18. The summed E-state index contributed by atoms with van der Waals surface area (Å²) in [6.45, 7) is 2.91. The number of alkyl halides is 3. The number of nitrogens with one attached hydrogen (secondary N) is 2. The Bertz CT molecular complexity index is 509. The van der Waals surface area contributed by atoms with Crippen LogP contribution in [0.4, 0.5) is 13.2 Å². The second-order valence-electron chi connectivity index (χ2n) is 5.42. The maximum Gasteiger partial charge on any atom is 0.401 e. The molecule has 0 aromatic heterocycles. The van der Waals surface area contributed by atoms with E-state index in [4.69, 9.17) is 11.6 Å². The van der Waals surface area contributed by atoms with Gasteiger partial charge in [0.05, 0.1) is 13.1 Å². The third kappa shape index (κ3) is 12.3. The van der Waals surface area contributed by atoms with Gasteiger partial charge in [-0.25, -0.2) is 0 Å². The summed E-state index contributed by atoms with van der Waals surface area (Å²) in [4.78, 5) is 5.50. The van der Waals surface area contributed by atoms with E-state index in [2.05, 4.69) is 15.6 Å². The number of hydrogen-bond donors (Lipinski definition) is 2. The van der Waals surface area contributed by atoms with Crippen LogP contribution in [0.3, 0.4) is 0 Å². The second kappa shape index (κ2) is 12.6. The van der Waals surface area contributed by atoms with E-state index in [0.29, 0.717) is 30.6 Å². The van der Waals surface area contributed by atoms with E-state index >= 15 is 0 Å². The highest BCUT2D eigenvalue weighted by atomic mass is 127. The molecule has 4 nitrogen and oxygen atoms in total. The van der Waals surface area contributed by atoms with E-state index in [-0.39, 0.29) is 30.5 Å². The highest BCUT2D eigenvalue weighted by Gasteiger charge is 2.28. The minimum Gasteiger partial charge on any atom is -0.357 e. The summed E-state index contributed by atoms with van der Waals surface area (Å²) >= 11 is 5.84. The van der Waals surface area contributed by atoms with Gasteiger partial charge in [0.25, 0.3) is 0 Å². The van der Waals surface area contributed by atoms with Gasteiger partial charge in [0.2, 0.25) is 0 Å². The van der Waals surface area contributed by atoms with Crippen LogP contribution in [-0.2, 0) is 6.42 Å². The fourth-order valence-electron chi connectivity index (χ4n) is 2.04. The van der Waals surface area contributed by atoms with Gasteiger partial charge in [0.15, 0.2) is 5.96 Å². The molecular weight excluding hydrogens is 468 g/mol. The molecule has 0 spiro atoms. The van der Waals surface area contributed by atoms with Crippen molar-refractivity contribution in [2.45, 2.75) is 19.5 Å². The third-order valence-corrected chi connectivity index (χ3v) is 3.42. The van der Waals surface area contributed by atoms with Gasteiger partial charge >= 0.3 is 6.18 Å². The molecule has 0 amide bonds. The van der Waals surface area contributed by atoms with Crippen molar-refractivity contribution < 1.29 is 13.2 Å². The number of guanidine groups is 1. The van der Waals surface area contributed by atoms with Crippen molar-refractivity contribution in [1.82, 2.24) is 15.5 Å². The van der Waals surface area contributed by atoms with E-state index in [0.717, 1.165) is 12.0 Å². The van der Waals surface area contributed by atoms with Crippen LogP contribution in [0, 0.1) is 0 Å². The molecule has 2 N–H and O–H groups in total. The molecule has 0 fully saturated rings. The lowest BCUT2D eigenvalue weighted by Gasteiger charge is -2.18. The Hall–Kier alpha value is -0.740. The van der Waals surface area contributed by atoms with Crippen molar-refractivity contribution in [3.63, 3.8) is 0 Å². The van der Waals surface area contributed by atoms with Crippen molar-refractivity contribution in [3.8, 4) is 0 Å². The van der Waals surface area contributed by atoms with Gasteiger partial charge in [0, 0.05) is 24.7 Å². The number of nitrogens with zero attached hydrogens (tertiary/aromatic N) is 2. The minimum absolute atomic E-state index is 0. The number of hydrogen-bond acceptors (Lipinski definition) is 2. The number of likely N-dealkylation sites (N-methyl/N-ethyl adjacent to an activating group) is 1. The third-order valence-electron chi connectivity index (χ3n) is 3.16. The zero-order valence-electron chi connectivity index (χ0n) is 14.4. The first-order chi connectivity index (χ1) is 11.3. The number of aliphatic imine (C=N–C) groups is 1. The standard InChI is InChI=1S/C16H24ClF3N4.HI/c1-3-21-15(23-10-11-24(2)12-16(18,19)20)22-9-8-13-4-6-14(17)7-5-13;/h4-7H,3,8-12H2,1-2H3,(H2,21,22,23);1H. The molecule has 9 heteroatoms. The van der Waals surface area contributed by atoms with Crippen LogP contribution < -0.4 is 10.6 Å². The largest absolute Gasteiger partial charge is 0.401 e. The van der Waals surface area contributed by atoms with Crippen LogP contribution in [0.5, 0.6) is 0 Å². The molecule has 0 saturated heterocycles. The van der Waals surface area contributed by atoms with Crippen LogP contribution in [0.15, 0.2) is 29.3 Å². The van der Waals surface area contributed by atoms with Gasteiger partial charge in [-0.2, -0.15) is 13.2 Å². The van der Waals surface area contributed by atoms with Gasteiger partial charge in [-0.3, -0.25) is 9.89 Å². The summed E-state index contributed by atoms with van der Waals surface area (Å²) in [6, 6.07) is 7.60. The van der Waals surface area contributed by atoms with Gasteiger partial charge in [-0.1, -0.05) is 23.7 Å². The quantitative estimate of drug-likeness (QED) is 0.331. The lowest BCUT2D eigenvalue weighted by Crippen LogP contribution is -2.39. The fraction of sp³-hybridized carbons (Fsp3) is 0.562. The molecule has 0 aliphatic carbocycles. The van der Waals surface area contributed by atoms with Crippen LogP contribution in [0.1, 0.15) is 12.5 Å². The maximum absolute atomic E-state index is 12.3. The first kappa shape index (κ1) is 24.3. The van der Waals surface area contributed by atoms with Crippen LogP contribution >= 0.6 is 35.6 Å². The number of benzene rings is 1. The van der Waals surface area contributed by atoms with E-state index in [1.807, 2.05) is 31.2 Å². The molecule has 0 saturated carbocycles. The van der Waals surface area contributed by atoms with Crippen molar-refractivity contribution >= 4 is 41.5 Å². The van der Waals surface area contributed by atoms with E-state index < -0.39 is 12.7 Å². The van der Waals surface area contributed by atoms with Crippen molar-refractivity contribution in [3.05, 3.63) is 34.9 Å². The molecular formula is C16H25ClF3IN4. The highest BCUT2D eigenvalue weighted by molar-refractivity contribution is 14.0. The summed E-state index contributed by atoms with van der Waals surface area (Å²) in [6.07, 6.45) is -3.38. The predicted molar refractivity (Wildman–Crippen MR) is 108 cm³/mol. The predicted octanol–water partition coefficient (Wildman–Crippen LogP) is 3.55. The summed E-state index contributed by atoms with van der Waals surface area (Å²) in [5.74, 6) is 0.604. The average molecular weight is 493 g/mol. The fourth-order valence-corrected chi connectivity index (χ4v) is 2.16. The molecule has 0 unspecified atom stereocenters. The Labute approximate surface area is 169 Å². The molecule has 25 heavy (non-hydrogen) atoms. The maximum atomic E-state index is 12.3. The number of rotatable bonds is 8. The van der Waals surface area contributed by atoms with E-state index in [1.165, 1.54) is 11.9 Å². The second-order valence-corrected chi connectivity index (χ2v) is 5.85. The SMILES string of the molecule is CCNC(=NCCN(C)CC(F)(F)F)NCCc1ccc(Cl)cc1.I. The molecule has 0 atom stereocenters. The number of halogens is 5. The molecule has 1 aromatic carbocycles. The van der Waals surface area contributed by atoms with Gasteiger partial charge in [0.1, 0.15) is 0 Å². The van der Waals surface area contributed by atoms with E-state index in [1.54, 1.807) is 0 Å². The van der Waals surface area contributed by atoms with E-state index in [9.17, 15) is 13.2 Å². The summed E-state index contributed by atoms with van der Waals surface area (Å²) < 4.78 is 36.8. The van der Waals surface area contributed by atoms with Crippen LogP contribution in [-0.4, -0.2) is 56.8 Å². The molecule has 1 aromatic rings. The summed E-state index contributed by atoms with van der Waals surface area (Å²) in [5.41, 5.74) is 1.15. The van der Waals surface area contributed by atoms with Gasteiger partial charge in [-0.15, -0.1) is 24.0 Å². The first-order valence-corrected chi connectivity index (χ1v) is 8.20. The van der Waals surface area contributed by atoms with Gasteiger partial charge < -0.3 is 10.6 Å². The molecule has 0 heterocycles. The van der Waals surface area contributed by atoms with Crippen molar-refractivity contribution in [1.29, 1.82) is 0 Å². The first-order valence-electron chi connectivity index (χ1n) is 7.82. The van der Waals surface area contributed by atoms with Crippen LogP contribution in [0.25, 0.3) is 0 Å². The smallest absolute Gasteiger partial charge is 0.357 e. The molecule has 0 aliphatic rings. The van der Waals surface area contributed by atoms with Crippen molar-refractivity contribution in [2.24, 2.45) is 4.99 Å². The Kier molecular flexibility index (Phi) is 12.2. The summed E-state index contributed by atoms with van der Waals surface area (Å²) in [7, 11) is 1.43. The lowest BCUT2D eigenvalue weighted by molar-refractivity contribution is -0.142. The molecule has 144 valence electrons. The Morgan fingerprint density at radius 3 is 2.40 bits per heavy atom. The van der Waals surface area contributed by atoms with Crippen LogP contribution in [0.2, 0.25) is 5.02 Å². The monoisotopic (exact) mass is 492 g/mol. The zero-order chi connectivity index (χ0) is 18.0.